The second-order valence-electron chi connectivity index (χ2n) is 6.26. The van der Waals surface area contributed by atoms with Gasteiger partial charge in [-0.05, 0) is 23.6 Å². The lowest BCUT2D eigenvalue weighted by atomic mass is 9.80. The van der Waals surface area contributed by atoms with Crippen LogP contribution >= 0.6 is 0 Å². The quantitative estimate of drug-likeness (QED) is 0.863. The molecule has 0 unspecified atom stereocenters. The van der Waals surface area contributed by atoms with E-state index < -0.39 is 0 Å². The van der Waals surface area contributed by atoms with E-state index in [2.05, 4.69) is 31.0 Å². The van der Waals surface area contributed by atoms with Crippen LogP contribution in [0.5, 0.6) is 5.75 Å². The van der Waals surface area contributed by atoms with Crippen LogP contribution in [0.25, 0.3) is 0 Å². The van der Waals surface area contributed by atoms with E-state index >= 15 is 0 Å². The molecule has 4 heteroatoms. The van der Waals surface area contributed by atoms with Gasteiger partial charge in [0.2, 0.25) is 0 Å². The maximum absolute atomic E-state index is 13.5. The largest absolute Gasteiger partial charge is 0.508 e. The van der Waals surface area contributed by atoms with Gasteiger partial charge in [-0.15, -0.1) is 0 Å². The van der Waals surface area contributed by atoms with E-state index in [1.165, 1.54) is 18.2 Å². The zero-order valence-electron chi connectivity index (χ0n) is 11.9. The van der Waals surface area contributed by atoms with Gasteiger partial charge in [0, 0.05) is 37.8 Å². The number of hydrogen-bond acceptors (Lipinski definition) is 3. The summed E-state index contributed by atoms with van der Waals surface area (Å²) < 4.78 is 13.5. The highest BCUT2D eigenvalue weighted by Crippen LogP contribution is 2.41. The zero-order chi connectivity index (χ0) is 14.0. The van der Waals surface area contributed by atoms with Crippen LogP contribution in [0, 0.1) is 11.2 Å². The summed E-state index contributed by atoms with van der Waals surface area (Å²) in [6.07, 6.45) is 0. The first-order valence-corrected chi connectivity index (χ1v) is 6.83. The van der Waals surface area contributed by atoms with E-state index in [1.54, 1.807) is 0 Å². The number of benzene rings is 1. The lowest BCUT2D eigenvalue weighted by molar-refractivity contribution is 0.0840. The Bertz CT molecular complexity index is 436. The Labute approximate surface area is 114 Å². The van der Waals surface area contributed by atoms with Gasteiger partial charge in [0.05, 0.1) is 0 Å². The predicted molar refractivity (Wildman–Crippen MR) is 74.7 cm³/mol. The molecule has 0 aliphatic carbocycles. The van der Waals surface area contributed by atoms with Crippen LogP contribution in [0.1, 0.15) is 32.4 Å². The summed E-state index contributed by atoms with van der Waals surface area (Å²) in [4.78, 5) is 2.32. The summed E-state index contributed by atoms with van der Waals surface area (Å²) in [7, 11) is 0. The standard InChI is InChI=1S/C15H23FN2O/c1-15(2,3)14(18-8-6-17-7-9-18)12-10-11(16)4-5-13(12)19/h4-5,10,14,17,19H,6-9H2,1-3H3/t14-/m1/s1. The number of aromatic hydroxyl groups is 1. The van der Waals surface area contributed by atoms with Gasteiger partial charge in [-0.25, -0.2) is 4.39 Å². The van der Waals surface area contributed by atoms with E-state index in [9.17, 15) is 9.50 Å². The van der Waals surface area contributed by atoms with Gasteiger partial charge >= 0.3 is 0 Å². The lowest BCUT2D eigenvalue weighted by Gasteiger charge is -2.42. The summed E-state index contributed by atoms with van der Waals surface area (Å²) >= 11 is 0. The Kier molecular flexibility index (Phi) is 4.11. The van der Waals surface area contributed by atoms with Gasteiger partial charge in [-0.2, -0.15) is 0 Å². The van der Waals surface area contributed by atoms with Crippen LogP contribution in [0.4, 0.5) is 4.39 Å². The van der Waals surface area contributed by atoms with Gasteiger partial charge in [0.15, 0.2) is 0 Å². The molecule has 0 saturated carbocycles. The van der Waals surface area contributed by atoms with Crippen molar-refractivity contribution in [2.24, 2.45) is 5.41 Å². The third-order valence-corrected chi connectivity index (χ3v) is 3.62. The third-order valence-electron chi connectivity index (χ3n) is 3.62. The fourth-order valence-corrected chi connectivity index (χ4v) is 2.90. The Morgan fingerprint density at radius 3 is 2.47 bits per heavy atom. The van der Waals surface area contributed by atoms with E-state index in [-0.39, 0.29) is 23.0 Å². The minimum absolute atomic E-state index is 0.0188. The van der Waals surface area contributed by atoms with E-state index in [0.717, 1.165) is 26.2 Å². The summed E-state index contributed by atoms with van der Waals surface area (Å²) in [5.74, 6) is -0.114. The molecular weight excluding hydrogens is 243 g/mol. The molecule has 0 spiro atoms. The number of nitrogens with zero attached hydrogens (tertiary/aromatic N) is 1. The van der Waals surface area contributed by atoms with Crippen molar-refractivity contribution < 1.29 is 9.50 Å². The van der Waals surface area contributed by atoms with Crippen molar-refractivity contribution in [3.05, 3.63) is 29.6 Å². The monoisotopic (exact) mass is 266 g/mol. The molecule has 106 valence electrons. The van der Waals surface area contributed by atoms with E-state index in [1.807, 2.05) is 0 Å². The molecule has 0 bridgehead atoms. The number of rotatable bonds is 2. The highest BCUT2D eigenvalue weighted by atomic mass is 19.1. The molecule has 19 heavy (non-hydrogen) atoms. The fraction of sp³-hybridized carbons (Fsp3) is 0.600. The van der Waals surface area contributed by atoms with Crippen molar-refractivity contribution in [1.82, 2.24) is 10.2 Å². The normalized spacial score (nSPS) is 19.4. The second kappa shape index (κ2) is 5.47. The van der Waals surface area contributed by atoms with Crippen molar-refractivity contribution in [2.75, 3.05) is 26.2 Å². The molecule has 0 amide bonds. The molecule has 1 aliphatic heterocycles. The molecule has 0 radical (unpaired) electrons. The molecule has 1 atom stereocenters. The molecule has 3 nitrogen and oxygen atoms in total. The van der Waals surface area contributed by atoms with Crippen molar-refractivity contribution in [3.8, 4) is 5.75 Å². The number of phenolic OH excluding ortho intramolecular Hbond substituents is 1. The van der Waals surface area contributed by atoms with Crippen molar-refractivity contribution in [2.45, 2.75) is 26.8 Å². The van der Waals surface area contributed by atoms with Gasteiger partial charge in [-0.3, -0.25) is 4.90 Å². The minimum Gasteiger partial charge on any atom is -0.508 e. The molecule has 1 aromatic rings. The number of piperazine rings is 1. The molecule has 1 saturated heterocycles. The first kappa shape index (κ1) is 14.3. The lowest BCUT2D eigenvalue weighted by Crippen LogP contribution is -2.48. The smallest absolute Gasteiger partial charge is 0.123 e. The minimum atomic E-state index is -0.294. The average molecular weight is 266 g/mol. The van der Waals surface area contributed by atoms with E-state index in [4.69, 9.17) is 0 Å². The summed E-state index contributed by atoms with van der Waals surface area (Å²) in [5, 5.41) is 13.4. The summed E-state index contributed by atoms with van der Waals surface area (Å²) in [5.41, 5.74) is 0.622. The highest BCUT2D eigenvalue weighted by Gasteiger charge is 2.34. The maximum atomic E-state index is 13.5. The zero-order valence-corrected chi connectivity index (χ0v) is 11.9. The van der Waals surface area contributed by atoms with Crippen LogP contribution in [-0.2, 0) is 0 Å². The molecule has 2 N–H and O–H groups in total. The molecule has 1 aliphatic rings. The van der Waals surface area contributed by atoms with E-state index in [0.29, 0.717) is 5.56 Å². The number of phenols is 1. The molecule has 1 fully saturated rings. The van der Waals surface area contributed by atoms with Crippen molar-refractivity contribution >= 4 is 0 Å². The summed E-state index contributed by atoms with van der Waals surface area (Å²) in [6.45, 7) is 10.1. The molecule has 2 rings (SSSR count). The van der Waals surface area contributed by atoms with Gasteiger partial charge < -0.3 is 10.4 Å². The Hall–Kier alpha value is -1.13. The Morgan fingerprint density at radius 1 is 1.26 bits per heavy atom. The van der Waals surface area contributed by atoms with Crippen LogP contribution < -0.4 is 5.32 Å². The Morgan fingerprint density at radius 2 is 1.89 bits per heavy atom. The van der Waals surface area contributed by atoms with Crippen LogP contribution in [0.2, 0.25) is 0 Å². The SMILES string of the molecule is CC(C)(C)[C@@H](c1cc(F)ccc1O)N1CCNCC1. The molecule has 0 aromatic heterocycles. The van der Waals surface area contributed by atoms with Gasteiger partial charge in [0.1, 0.15) is 11.6 Å². The predicted octanol–water partition coefficient (Wildman–Crippen LogP) is 2.52. The van der Waals surface area contributed by atoms with Crippen LogP contribution in [-0.4, -0.2) is 36.2 Å². The number of nitrogens with one attached hydrogen (secondary N) is 1. The topological polar surface area (TPSA) is 35.5 Å². The van der Waals surface area contributed by atoms with Gasteiger partial charge in [0.25, 0.3) is 0 Å². The highest BCUT2D eigenvalue weighted by molar-refractivity contribution is 5.36. The number of halogens is 1. The van der Waals surface area contributed by atoms with Crippen molar-refractivity contribution in [3.63, 3.8) is 0 Å². The number of hydrogen-bond donors (Lipinski definition) is 2. The Balaban J connectivity index is 2.39. The maximum Gasteiger partial charge on any atom is 0.123 e. The molecule has 1 heterocycles. The first-order chi connectivity index (χ1) is 8.89. The van der Waals surface area contributed by atoms with Crippen LogP contribution in [0.3, 0.4) is 0 Å². The second-order valence-corrected chi connectivity index (χ2v) is 6.26. The molecule has 1 aromatic carbocycles. The first-order valence-electron chi connectivity index (χ1n) is 6.83. The average Bonchev–Trinajstić information content (AvgIpc) is 2.33. The van der Waals surface area contributed by atoms with Gasteiger partial charge in [-0.1, -0.05) is 20.8 Å². The van der Waals surface area contributed by atoms with Crippen molar-refractivity contribution in [1.29, 1.82) is 0 Å². The third kappa shape index (κ3) is 3.25. The fourth-order valence-electron chi connectivity index (χ4n) is 2.90. The molecular formula is C15H23FN2O. The van der Waals surface area contributed by atoms with Crippen LogP contribution in [0.15, 0.2) is 18.2 Å². The summed E-state index contributed by atoms with van der Waals surface area (Å²) in [6, 6.07) is 4.24.